The molecule has 0 saturated heterocycles. The Morgan fingerprint density at radius 2 is 1.69 bits per heavy atom. The number of carboxylic acid groups (broad SMARTS) is 1. The van der Waals surface area contributed by atoms with E-state index in [-0.39, 0.29) is 5.92 Å². The Morgan fingerprint density at radius 3 is 2.43 bits per heavy atom. The summed E-state index contributed by atoms with van der Waals surface area (Å²) in [6.45, 7) is 3.88. The molecule has 6 rings (SSSR count). The molecule has 1 saturated carbocycles. The van der Waals surface area contributed by atoms with Crippen molar-refractivity contribution in [3.05, 3.63) is 78.5 Å². The number of nitrogens with zero attached hydrogens (tertiary/aromatic N) is 4. The monoisotopic (exact) mass is 561 g/mol. The molecule has 8 nitrogen and oxygen atoms in total. The second-order valence-corrected chi connectivity index (χ2v) is 11.6. The summed E-state index contributed by atoms with van der Waals surface area (Å²) in [5.41, 5.74) is 6.48. The predicted molar refractivity (Wildman–Crippen MR) is 164 cm³/mol. The van der Waals surface area contributed by atoms with Gasteiger partial charge in [-0.3, -0.25) is 9.78 Å². The first-order valence-corrected chi connectivity index (χ1v) is 14.8. The van der Waals surface area contributed by atoms with Crippen LogP contribution in [-0.2, 0) is 4.79 Å². The molecule has 0 spiro atoms. The third-order valence-corrected chi connectivity index (χ3v) is 8.07. The Hall–Kier alpha value is -4.59. The number of fused-ring (bicyclic) bond motifs is 2. The van der Waals surface area contributed by atoms with Crippen molar-refractivity contribution in [3.8, 4) is 22.6 Å². The summed E-state index contributed by atoms with van der Waals surface area (Å²) in [6.07, 6.45) is 7.89. The molecule has 42 heavy (non-hydrogen) atoms. The topological polar surface area (TPSA) is 110 Å². The van der Waals surface area contributed by atoms with Gasteiger partial charge in [-0.15, -0.1) is 0 Å². The normalized spacial score (nSPS) is 14.8. The minimum Gasteiger partial charge on any atom is -0.480 e. The van der Waals surface area contributed by atoms with Gasteiger partial charge in [0.25, 0.3) is 5.91 Å². The molecule has 2 heterocycles. The number of aromatic nitrogens is 4. The number of aliphatic carboxylic acids is 1. The summed E-state index contributed by atoms with van der Waals surface area (Å²) in [5.74, 6) is -0.459. The van der Waals surface area contributed by atoms with Crippen LogP contribution in [-0.4, -0.2) is 42.5 Å². The number of imidazole rings is 1. The first kappa shape index (κ1) is 27.6. The van der Waals surface area contributed by atoms with Gasteiger partial charge in [-0.05, 0) is 61.6 Å². The van der Waals surface area contributed by atoms with E-state index >= 15 is 0 Å². The van der Waals surface area contributed by atoms with E-state index in [0.717, 1.165) is 52.0 Å². The van der Waals surface area contributed by atoms with Crippen LogP contribution >= 0.6 is 0 Å². The lowest BCUT2D eigenvalue weighted by Crippen LogP contribution is -2.41. The molecule has 1 fully saturated rings. The Balaban J connectivity index is 1.39. The maximum absolute atomic E-state index is 13.1. The van der Waals surface area contributed by atoms with Gasteiger partial charge in [-0.1, -0.05) is 63.4 Å². The zero-order chi connectivity index (χ0) is 29.2. The van der Waals surface area contributed by atoms with E-state index in [1.807, 2.05) is 68.4 Å². The first-order chi connectivity index (χ1) is 20.4. The van der Waals surface area contributed by atoms with Crippen molar-refractivity contribution < 1.29 is 14.7 Å². The number of carbonyl (C=O) groups excluding carboxylic acids is 1. The molecule has 1 aliphatic rings. The third-order valence-electron chi connectivity index (χ3n) is 8.07. The van der Waals surface area contributed by atoms with E-state index in [0.29, 0.717) is 23.5 Å². The fourth-order valence-corrected chi connectivity index (χ4v) is 5.98. The van der Waals surface area contributed by atoms with E-state index in [4.69, 9.17) is 15.0 Å². The van der Waals surface area contributed by atoms with Crippen LogP contribution in [0.3, 0.4) is 0 Å². The van der Waals surface area contributed by atoms with E-state index < -0.39 is 17.9 Å². The van der Waals surface area contributed by atoms with E-state index in [1.54, 1.807) is 18.3 Å². The molecule has 8 heteroatoms. The van der Waals surface area contributed by atoms with E-state index in [9.17, 15) is 14.7 Å². The second kappa shape index (κ2) is 11.7. The number of rotatable bonds is 8. The van der Waals surface area contributed by atoms with Crippen molar-refractivity contribution in [1.29, 1.82) is 0 Å². The van der Waals surface area contributed by atoms with Gasteiger partial charge >= 0.3 is 5.97 Å². The highest BCUT2D eigenvalue weighted by Gasteiger charge is 2.25. The fourth-order valence-electron chi connectivity index (χ4n) is 5.98. The maximum atomic E-state index is 13.1. The van der Waals surface area contributed by atoms with Crippen molar-refractivity contribution in [2.45, 2.75) is 64.5 Å². The smallest absolute Gasteiger partial charge is 0.326 e. The van der Waals surface area contributed by atoms with Gasteiger partial charge in [-0.2, -0.15) is 0 Å². The number of hydrogen-bond donors (Lipinski definition) is 2. The number of amides is 1. The summed E-state index contributed by atoms with van der Waals surface area (Å²) in [7, 11) is 0. The largest absolute Gasteiger partial charge is 0.480 e. The zero-order valence-corrected chi connectivity index (χ0v) is 24.0. The van der Waals surface area contributed by atoms with Crippen molar-refractivity contribution >= 4 is 33.9 Å². The van der Waals surface area contributed by atoms with Crippen LogP contribution in [0, 0.1) is 5.92 Å². The minimum atomic E-state index is -1.03. The van der Waals surface area contributed by atoms with Gasteiger partial charge in [0, 0.05) is 22.7 Å². The highest BCUT2D eigenvalue weighted by molar-refractivity contribution is 5.99. The summed E-state index contributed by atoms with van der Waals surface area (Å²) in [6, 6.07) is 20.9. The van der Waals surface area contributed by atoms with E-state index in [2.05, 4.69) is 9.88 Å². The highest BCUT2D eigenvalue weighted by atomic mass is 16.4. The molecule has 1 amide bonds. The lowest BCUT2D eigenvalue weighted by atomic mass is 9.94. The molecule has 1 atom stereocenters. The van der Waals surface area contributed by atoms with E-state index in [1.165, 1.54) is 19.3 Å². The fraction of sp³-hybridized carbons (Fsp3) is 0.324. The lowest BCUT2D eigenvalue weighted by molar-refractivity contribution is -0.139. The van der Waals surface area contributed by atoms with Gasteiger partial charge in [0.2, 0.25) is 0 Å². The third kappa shape index (κ3) is 5.62. The van der Waals surface area contributed by atoms with Gasteiger partial charge in [-0.25, -0.2) is 14.8 Å². The minimum absolute atomic E-state index is 0.138. The molecular formula is C34H35N5O3. The quantitative estimate of drug-likeness (QED) is 0.210. The number of nitrogens with one attached hydrogen (secondary N) is 1. The number of carbonyl (C=O) groups is 2. The molecule has 5 aromatic rings. The molecule has 0 bridgehead atoms. The predicted octanol–water partition coefficient (Wildman–Crippen LogP) is 7.05. The van der Waals surface area contributed by atoms with Crippen LogP contribution in [0.5, 0.6) is 0 Å². The SMILES string of the molecule is CC(C)C[C@H](NC(=O)c1ccc2c(c1)nc(-c1ccc3nc(-c4ccccc4)cnc3c1)n2C1CCCCC1)C(=O)O. The molecule has 3 aromatic carbocycles. The van der Waals surface area contributed by atoms with Gasteiger partial charge in [0.1, 0.15) is 11.9 Å². The van der Waals surface area contributed by atoms with Gasteiger partial charge < -0.3 is 15.0 Å². The van der Waals surface area contributed by atoms with Crippen LogP contribution in [0.25, 0.3) is 44.7 Å². The molecule has 0 aliphatic heterocycles. The molecule has 1 aliphatic carbocycles. The van der Waals surface area contributed by atoms with Crippen molar-refractivity contribution in [2.75, 3.05) is 0 Å². The standard InChI is InChI=1S/C34H35N5O3/c1-21(2)17-29(34(41)42)38-33(40)24-14-16-31-28(19-24)37-32(39(31)25-11-7-4-8-12-25)23-13-15-26-27(18-23)35-20-30(36-26)22-9-5-3-6-10-22/h3,5-6,9-10,13-16,18-21,25,29H,4,7-8,11-12,17H2,1-2H3,(H,38,40)(H,41,42)/t29-/m0/s1. The number of benzene rings is 3. The van der Waals surface area contributed by atoms with Crippen LogP contribution in [0.4, 0.5) is 0 Å². The van der Waals surface area contributed by atoms with Gasteiger partial charge in [0.05, 0.1) is 34.0 Å². The van der Waals surface area contributed by atoms with Gasteiger partial charge in [0.15, 0.2) is 0 Å². The van der Waals surface area contributed by atoms with Crippen LogP contribution < -0.4 is 5.32 Å². The van der Waals surface area contributed by atoms with Crippen molar-refractivity contribution in [3.63, 3.8) is 0 Å². The number of carboxylic acids is 1. The molecule has 2 N–H and O–H groups in total. The molecule has 2 aromatic heterocycles. The zero-order valence-electron chi connectivity index (χ0n) is 24.0. The molecule has 0 unspecified atom stereocenters. The average molecular weight is 562 g/mol. The Bertz CT molecular complexity index is 1760. The molecular weight excluding hydrogens is 526 g/mol. The Labute approximate surface area is 244 Å². The summed E-state index contributed by atoms with van der Waals surface area (Å²) < 4.78 is 2.32. The molecule has 0 radical (unpaired) electrons. The highest BCUT2D eigenvalue weighted by Crippen LogP contribution is 2.37. The summed E-state index contributed by atoms with van der Waals surface area (Å²) >= 11 is 0. The summed E-state index contributed by atoms with van der Waals surface area (Å²) in [5, 5.41) is 12.3. The van der Waals surface area contributed by atoms with Crippen LogP contribution in [0.15, 0.2) is 72.9 Å². The maximum Gasteiger partial charge on any atom is 0.326 e. The lowest BCUT2D eigenvalue weighted by Gasteiger charge is -2.25. The number of hydrogen-bond acceptors (Lipinski definition) is 5. The average Bonchev–Trinajstić information content (AvgIpc) is 3.39. The van der Waals surface area contributed by atoms with Crippen molar-refractivity contribution in [2.24, 2.45) is 5.92 Å². The molecule has 214 valence electrons. The van der Waals surface area contributed by atoms with Crippen molar-refractivity contribution in [1.82, 2.24) is 24.8 Å². The summed E-state index contributed by atoms with van der Waals surface area (Å²) in [4.78, 5) is 39.5. The second-order valence-electron chi connectivity index (χ2n) is 11.6. The Morgan fingerprint density at radius 1 is 0.905 bits per heavy atom. The Kier molecular flexibility index (Phi) is 7.69. The first-order valence-electron chi connectivity index (χ1n) is 14.8. The van der Waals surface area contributed by atoms with Crippen LogP contribution in [0.2, 0.25) is 0 Å². The van der Waals surface area contributed by atoms with Crippen LogP contribution in [0.1, 0.15) is 68.8 Å².